The van der Waals surface area contributed by atoms with Gasteiger partial charge < -0.3 is 10.6 Å². The average molecular weight is 527 g/mol. The fourth-order valence-electron chi connectivity index (χ4n) is 4.96. The van der Waals surface area contributed by atoms with Crippen LogP contribution in [0.15, 0.2) is 30.3 Å². The second-order valence-corrected chi connectivity index (χ2v) is 12.4. The van der Waals surface area contributed by atoms with Crippen LogP contribution in [-0.4, -0.2) is 47.6 Å². The van der Waals surface area contributed by atoms with Gasteiger partial charge in [0.15, 0.2) is 0 Å². The summed E-state index contributed by atoms with van der Waals surface area (Å²) in [6.45, 7) is 4.80. The molecule has 2 amide bonds. The standard InChI is InChI=1S/C28H38N4O2S2/c1-3-32(17-19-7-5-4-6-8-19)28(35-2)30-21-13-14-23-22(15-21)24(26(34)29-16-18-9-10-18)27(36-23)31-25(33)20-11-12-20/h4-8,18,20-21,28,30H,3,9-17H2,1-2H3,(H,29,34)(H,31,33). The highest BCUT2D eigenvalue weighted by Crippen LogP contribution is 2.40. The van der Waals surface area contributed by atoms with Crippen molar-refractivity contribution in [3.05, 3.63) is 51.9 Å². The lowest BCUT2D eigenvalue weighted by Gasteiger charge is -2.35. The van der Waals surface area contributed by atoms with E-state index in [1.54, 1.807) is 11.3 Å². The van der Waals surface area contributed by atoms with E-state index in [2.05, 4.69) is 64.4 Å². The molecular formula is C28H38N4O2S2. The molecule has 3 aliphatic carbocycles. The van der Waals surface area contributed by atoms with Gasteiger partial charge in [-0.15, -0.1) is 23.1 Å². The van der Waals surface area contributed by atoms with Crippen molar-refractivity contribution >= 4 is 39.9 Å². The van der Waals surface area contributed by atoms with Gasteiger partial charge in [0, 0.05) is 29.9 Å². The van der Waals surface area contributed by atoms with Crippen LogP contribution in [0.1, 0.15) is 65.4 Å². The molecule has 3 aliphatic rings. The van der Waals surface area contributed by atoms with E-state index in [0.29, 0.717) is 11.5 Å². The van der Waals surface area contributed by atoms with Crippen LogP contribution in [-0.2, 0) is 24.2 Å². The lowest BCUT2D eigenvalue weighted by molar-refractivity contribution is -0.117. The summed E-state index contributed by atoms with van der Waals surface area (Å²) >= 11 is 3.45. The fourth-order valence-corrected chi connectivity index (χ4v) is 7.06. The molecule has 0 radical (unpaired) electrons. The summed E-state index contributed by atoms with van der Waals surface area (Å²) in [5, 5.41) is 10.9. The lowest BCUT2D eigenvalue weighted by atomic mass is 9.91. The molecule has 2 atom stereocenters. The number of carbonyl (C=O) groups excluding carboxylic acids is 2. The van der Waals surface area contributed by atoms with E-state index in [9.17, 15) is 9.59 Å². The summed E-state index contributed by atoms with van der Waals surface area (Å²) in [7, 11) is 0. The fraction of sp³-hybridized carbons (Fsp3) is 0.571. The maximum absolute atomic E-state index is 13.4. The third-order valence-electron chi connectivity index (χ3n) is 7.49. The molecule has 8 heteroatoms. The molecule has 5 rings (SSSR count). The minimum Gasteiger partial charge on any atom is -0.352 e. The third kappa shape index (κ3) is 6.33. The van der Waals surface area contributed by atoms with E-state index >= 15 is 0 Å². The Bertz CT molecular complexity index is 1070. The van der Waals surface area contributed by atoms with Crippen molar-refractivity contribution in [2.75, 3.05) is 24.7 Å². The van der Waals surface area contributed by atoms with E-state index < -0.39 is 0 Å². The Kier molecular flexibility index (Phi) is 8.35. The van der Waals surface area contributed by atoms with Gasteiger partial charge in [-0.3, -0.25) is 19.8 Å². The second-order valence-electron chi connectivity index (χ2n) is 10.4. The van der Waals surface area contributed by atoms with Crippen LogP contribution in [0.3, 0.4) is 0 Å². The molecule has 2 unspecified atom stereocenters. The molecule has 194 valence electrons. The van der Waals surface area contributed by atoms with Crippen LogP contribution in [0.2, 0.25) is 0 Å². The summed E-state index contributed by atoms with van der Waals surface area (Å²) in [5.41, 5.74) is 3.36. The van der Waals surface area contributed by atoms with Crippen molar-refractivity contribution in [1.29, 1.82) is 0 Å². The normalized spacial score (nSPS) is 20.1. The highest BCUT2D eigenvalue weighted by Gasteiger charge is 2.35. The van der Waals surface area contributed by atoms with Gasteiger partial charge in [0.25, 0.3) is 5.91 Å². The number of anilines is 1. The Balaban J connectivity index is 1.31. The van der Waals surface area contributed by atoms with E-state index in [-0.39, 0.29) is 29.3 Å². The Hall–Kier alpha value is -1.87. The first kappa shape index (κ1) is 25.8. The largest absolute Gasteiger partial charge is 0.352 e. The Morgan fingerprint density at radius 3 is 2.58 bits per heavy atom. The number of carbonyl (C=O) groups is 2. The number of aryl methyl sites for hydroxylation is 1. The van der Waals surface area contributed by atoms with Crippen molar-refractivity contribution in [1.82, 2.24) is 15.5 Å². The van der Waals surface area contributed by atoms with Gasteiger partial charge in [0.05, 0.1) is 5.56 Å². The van der Waals surface area contributed by atoms with E-state index in [4.69, 9.17) is 0 Å². The van der Waals surface area contributed by atoms with Crippen LogP contribution in [0, 0.1) is 11.8 Å². The number of benzene rings is 1. The van der Waals surface area contributed by atoms with Gasteiger partial charge in [-0.2, -0.15) is 0 Å². The zero-order valence-corrected chi connectivity index (χ0v) is 23.0. The number of nitrogens with one attached hydrogen (secondary N) is 3. The second kappa shape index (κ2) is 11.7. The van der Waals surface area contributed by atoms with Crippen molar-refractivity contribution in [2.24, 2.45) is 11.8 Å². The molecule has 1 heterocycles. The SMILES string of the molecule is CCN(Cc1ccccc1)C(NC1CCc2sc(NC(=O)C3CC3)c(C(=O)NCC3CC3)c2C1)SC. The topological polar surface area (TPSA) is 73.5 Å². The number of rotatable bonds is 12. The molecular weight excluding hydrogens is 488 g/mol. The molecule has 6 nitrogen and oxygen atoms in total. The van der Waals surface area contributed by atoms with Gasteiger partial charge in [0.1, 0.15) is 10.5 Å². The molecule has 0 bridgehead atoms. The molecule has 0 spiro atoms. The maximum Gasteiger partial charge on any atom is 0.254 e. The number of hydrogen-bond acceptors (Lipinski definition) is 6. The molecule has 3 N–H and O–H groups in total. The quantitative estimate of drug-likeness (QED) is 0.345. The van der Waals surface area contributed by atoms with Gasteiger partial charge in [0.2, 0.25) is 5.91 Å². The van der Waals surface area contributed by atoms with Crippen molar-refractivity contribution in [3.8, 4) is 0 Å². The van der Waals surface area contributed by atoms with Crippen LogP contribution in [0.5, 0.6) is 0 Å². The number of thiophene rings is 1. The highest BCUT2D eigenvalue weighted by atomic mass is 32.2. The van der Waals surface area contributed by atoms with Crippen LogP contribution in [0.4, 0.5) is 5.00 Å². The zero-order chi connectivity index (χ0) is 25.1. The first-order chi connectivity index (χ1) is 17.6. The molecule has 1 aromatic heterocycles. The number of fused-ring (bicyclic) bond motifs is 1. The molecule has 2 aromatic rings. The van der Waals surface area contributed by atoms with Crippen molar-refractivity contribution < 1.29 is 9.59 Å². The summed E-state index contributed by atoms with van der Waals surface area (Å²) in [5.74, 6) is 0.787. The predicted molar refractivity (Wildman–Crippen MR) is 150 cm³/mol. The smallest absolute Gasteiger partial charge is 0.254 e. The lowest BCUT2D eigenvalue weighted by Crippen LogP contribution is -2.49. The Morgan fingerprint density at radius 1 is 1.14 bits per heavy atom. The Morgan fingerprint density at radius 2 is 1.92 bits per heavy atom. The summed E-state index contributed by atoms with van der Waals surface area (Å²) < 4.78 is 0. The molecule has 36 heavy (non-hydrogen) atoms. The van der Waals surface area contributed by atoms with Gasteiger partial charge >= 0.3 is 0 Å². The van der Waals surface area contributed by atoms with Crippen molar-refractivity contribution in [2.45, 2.75) is 70.0 Å². The van der Waals surface area contributed by atoms with Crippen LogP contribution in [0.25, 0.3) is 0 Å². The average Bonchev–Trinajstić information content (AvgIpc) is 3.82. The zero-order valence-electron chi connectivity index (χ0n) is 21.3. The Labute approximate surface area is 223 Å². The molecule has 2 saturated carbocycles. The number of hydrogen-bond donors (Lipinski definition) is 3. The van der Waals surface area contributed by atoms with Gasteiger partial charge in [-0.25, -0.2) is 0 Å². The first-order valence-corrected chi connectivity index (χ1v) is 15.5. The van der Waals surface area contributed by atoms with Gasteiger partial charge in [-0.05, 0) is 74.8 Å². The van der Waals surface area contributed by atoms with Gasteiger partial charge in [-0.1, -0.05) is 37.3 Å². The third-order valence-corrected chi connectivity index (χ3v) is 9.58. The minimum atomic E-state index is -0.0215. The summed E-state index contributed by atoms with van der Waals surface area (Å²) in [6.07, 6.45) is 9.26. The summed E-state index contributed by atoms with van der Waals surface area (Å²) in [4.78, 5) is 29.7. The van der Waals surface area contributed by atoms with E-state index in [0.717, 1.165) is 62.3 Å². The predicted octanol–water partition coefficient (Wildman–Crippen LogP) is 4.85. The molecule has 2 fully saturated rings. The van der Waals surface area contributed by atoms with Crippen molar-refractivity contribution in [3.63, 3.8) is 0 Å². The monoisotopic (exact) mass is 526 g/mol. The molecule has 1 aromatic carbocycles. The molecule has 0 saturated heterocycles. The van der Waals surface area contributed by atoms with Crippen LogP contribution >= 0.6 is 23.1 Å². The van der Waals surface area contributed by atoms with E-state index in [1.165, 1.54) is 23.3 Å². The molecule has 0 aliphatic heterocycles. The number of amides is 2. The van der Waals surface area contributed by atoms with Crippen LogP contribution < -0.4 is 16.0 Å². The minimum absolute atomic E-state index is 0.0215. The number of nitrogens with zero attached hydrogens (tertiary/aromatic N) is 1. The highest BCUT2D eigenvalue weighted by molar-refractivity contribution is 7.99. The number of thioether (sulfide) groups is 1. The summed E-state index contributed by atoms with van der Waals surface area (Å²) in [6, 6.07) is 10.9. The first-order valence-electron chi connectivity index (χ1n) is 13.4. The maximum atomic E-state index is 13.4. The van der Waals surface area contributed by atoms with E-state index in [1.807, 2.05) is 11.8 Å².